The minimum atomic E-state index is -0.384. The van der Waals surface area contributed by atoms with E-state index in [4.69, 9.17) is 0 Å². The first kappa shape index (κ1) is 19.3. The number of aromatic nitrogens is 2. The van der Waals surface area contributed by atoms with E-state index in [0.717, 1.165) is 34.6 Å². The van der Waals surface area contributed by atoms with Crippen LogP contribution in [0.3, 0.4) is 0 Å². The van der Waals surface area contributed by atoms with Crippen LogP contribution in [0.2, 0.25) is 0 Å². The molecule has 0 radical (unpaired) electrons. The van der Waals surface area contributed by atoms with Crippen molar-refractivity contribution in [2.45, 2.75) is 57.3 Å². The maximum atomic E-state index is 12.2. The van der Waals surface area contributed by atoms with E-state index in [1.165, 1.54) is 37.4 Å². The summed E-state index contributed by atoms with van der Waals surface area (Å²) in [5, 5.41) is 6.25. The van der Waals surface area contributed by atoms with Crippen LogP contribution >= 0.6 is 11.8 Å². The summed E-state index contributed by atoms with van der Waals surface area (Å²) in [6.45, 7) is 4.91. The Labute approximate surface area is 169 Å². The SMILES string of the molecule is CCn1c(SCC(=O)NC(=O)NC(C)C2CC3CCC2C3)nc2ccccc21. The highest BCUT2D eigenvalue weighted by Crippen LogP contribution is 2.49. The number of urea groups is 1. The second-order valence-corrected chi connectivity index (χ2v) is 9.01. The second kappa shape index (κ2) is 8.15. The number of carbonyl (C=O) groups is 2. The van der Waals surface area contributed by atoms with E-state index in [1.54, 1.807) is 0 Å². The van der Waals surface area contributed by atoms with Crippen molar-refractivity contribution < 1.29 is 9.59 Å². The number of nitrogens with one attached hydrogen (secondary N) is 2. The number of rotatable bonds is 6. The summed E-state index contributed by atoms with van der Waals surface area (Å²) < 4.78 is 2.09. The van der Waals surface area contributed by atoms with Crippen LogP contribution in [0.25, 0.3) is 11.0 Å². The zero-order valence-corrected chi connectivity index (χ0v) is 17.3. The smallest absolute Gasteiger partial charge is 0.321 e. The van der Waals surface area contributed by atoms with Gasteiger partial charge in [0.1, 0.15) is 0 Å². The molecule has 2 aliphatic rings. The van der Waals surface area contributed by atoms with Gasteiger partial charge in [0, 0.05) is 12.6 Å². The Morgan fingerprint density at radius 1 is 1.29 bits per heavy atom. The molecule has 7 heteroatoms. The van der Waals surface area contributed by atoms with Crippen LogP contribution in [-0.2, 0) is 11.3 Å². The molecule has 1 aromatic carbocycles. The van der Waals surface area contributed by atoms with Crippen molar-refractivity contribution in [2.24, 2.45) is 17.8 Å². The highest BCUT2D eigenvalue weighted by atomic mass is 32.2. The van der Waals surface area contributed by atoms with Crippen LogP contribution in [0, 0.1) is 17.8 Å². The highest BCUT2D eigenvalue weighted by molar-refractivity contribution is 7.99. The third-order valence-corrected chi connectivity index (χ3v) is 7.29. The lowest BCUT2D eigenvalue weighted by Gasteiger charge is -2.28. The number of thioether (sulfide) groups is 1. The molecule has 4 unspecified atom stereocenters. The Balaban J connectivity index is 1.28. The summed E-state index contributed by atoms with van der Waals surface area (Å²) >= 11 is 1.36. The lowest BCUT2D eigenvalue weighted by Crippen LogP contribution is -2.47. The van der Waals surface area contributed by atoms with E-state index >= 15 is 0 Å². The Bertz CT molecular complexity index is 880. The molecule has 2 aromatic rings. The lowest BCUT2D eigenvalue weighted by atomic mass is 9.84. The van der Waals surface area contributed by atoms with Crippen molar-refractivity contribution in [1.82, 2.24) is 20.2 Å². The van der Waals surface area contributed by atoms with E-state index in [-0.39, 0.29) is 23.7 Å². The quantitative estimate of drug-likeness (QED) is 0.723. The Hall–Kier alpha value is -2.02. The van der Waals surface area contributed by atoms with Gasteiger partial charge >= 0.3 is 6.03 Å². The van der Waals surface area contributed by atoms with Gasteiger partial charge in [0.25, 0.3) is 0 Å². The predicted molar refractivity (Wildman–Crippen MR) is 111 cm³/mol. The molecule has 2 saturated carbocycles. The summed E-state index contributed by atoms with van der Waals surface area (Å²) in [5.74, 6) is 2.02. The van der Waals surface area contributed by atoms with Crippen molar-refractivity contribution in [1.29, 1.82) is 0 Å². The van der Waals surface area contributed by atoms with Gasteiger partial charge in [-0.1, -0.05) is 30.3 Å². The number of para-hydroxylation sites is 2. The van der Waals surface area contributed by atoms with E-state index in [1.807, 2.05) is 24.3 Å². The molecular weight excluding hydrogens is 372 g/mol. The molecule has 6 nitrogen and oxygen atoms in total. The summed E-state index contributed by atoms with van der Waals surface area (Å²) in [7, 11) is 0. The first-order chi connectivity index (χ1) is 13.5. The normalized spacial score (nSPS) is 24.4. The summed E-state index contributed by atoms with van der Waals surface area (Å²) in [6.07, 6.45) is 5.16. The molecule has 1 aromatic heterocycles. The third-order valence-electron chi connectivity index (χ3n) is 6.31. The number of carbonyl (C=O) groups excluding carboxylic acids is 2. The Kier molecular flexibility index (Phi) is 5.62. The average molecular weight is 401 g/mol. The highest BCUT2D eigenvalue weighted by Gasteiger charge is 2.42. The molecule has 0 aliphatic heterocycles. The molecule has 0 spiro atoms. The maximum absolute atomic E-state index is 12.2. The van der Waals surface area contributed by atoms with Crippen LogP contribution in [0.4, 0.5) is 4.79 Å². The van der Waals surface area contributed by atoms with Gasteiger partial charge in [-0.05, 0) is 63.0 Å². The zero-order chi connectivity index (χ0) is 19.7. The Morgan fingerprint density at radius 2 is 2.11 bits per heavy atom. The molecule has 4 rings (SSSR count). The molecule has 1 heterocycles. The molecule has 28 heavy (non-hydrogen) atoms. The fraction of sp³-hybridized carbons (Fsp3) is 0.571. The fourth-order valence-corrected chi connectivity index (χ4v) is 5.90. The van der Waals surface area contributed by atoms with Crippen LogP contribution in [0.1, 0.15) is 39.5 Å². The number of imidazole rings is 1. The molecule has 150 valence electrons. The van der Waals surface area contributed by atoms with Crippen LogP contribution < -0.4 is 10.6 Å². The number of aryl methyl sites for hydroxylation is 1. The van der Waals surface area contributed by atoms with Crippen molar-refractivity contribution >= 4 is 34.7 Å². The largest absolute Gasteiger partial charge is 0.335 e. The summed E-state index contributed by atoms with van der Waals surface area (Å²) in [4.78, 5) is 29.1. The first-order valence-electron chi connectivity index (χ1n) is 10.2. The standard InChI is InChI=1S/C21H28N4O2S/c1-3-25-18-7-5-4-6-17(18)23-21(25)28-12-19(26)24-20(27)22-13(2)16-11-14-8-9-15(16)10-14/h4-7,13-16H,3,8-12H2,1-2H3,(H2,22,24,26,27). The van der Waals surface area contributed by atoms with Gasteiger partial charge in [-0.2, -0.15) is 0 Å². The number of fused-ring (bicyclic) bond motifs is 3. The first-order valence-corrected chi connectivity index (χ1v) is 11.2. The van der Waals surface area contributed by atoms with Crippen LogP contribution in [0.5, 0.6) is 0 Å². The van der Waals surface area contributed by atoms with Gasteiger partial charge in [0.05, 0.1) is 16.8 Å². The minimum Gasteiger partial charge on any atom is -0.335 e. The van der Waals surface area contributed by atoms with E-state index in [9.17, 15) is 9.59 Å². The molecule has 2 aliphatic carbocycles. The monoisotopic (exact) mass is 400 g/mol. The lowest BCUT2D eigenvalue weighted by molar-refractivity contribution is -0.117. The third kappa shape index (κ3) is 3.90. The molecular formula is C21H28N4O2S. The van der Waals surface area contributed by atoms with Crippen molar-refractivity contribution in [3.05, 3.63) is 24.3 Å². The van der Waals surface area contributed by atoms with E-state index in [2.05, 4.69) is 34.0 Å². The average Bonchev–Trinajstić information content (AvgIpc) is 3.39. The van der Waals surface area contributed by atoms with Gasteiger partial charge in [-0.15, -0.1) is 0 Å². The van der Waals surface area contributed by atoms with Crippen LogP contribution in [0.15, 0.2) is 29.4 Å². The summed E-state index contributed by atoms with van der Waals surface area (Å²) in [6, 6.07) is 7.67. The molecule has 3 amide bonds. The van der Waals surface area contributed by atoms with E-state index < -0.39 is 0 Å². The fourth-order valence-electron chi connectivity index (χ4n) is 5.02. The van der Waals surface area contributed by atoms with Gasteiger partial charge in [-0.25, -0.2) is 9.78 Å². The van der Waals surface area contributed by atoms with Gasteiger partial charge in [0.15, 0.2) is 5.16 Å². The van der Waals surface area contributed by atoms with E-state index in [0.29, 0.717) is 5.92 Å². The number of imide groups is 1. The van der Waals surface area contributed by atoms with Crippen molar-refractivity contribution in [3.8, 4) is 0 Å². The van der Waals surface area contributed by atoms with Gasteiger partial charge in [-0.3, -0.25) is 10.1 Å². The van der Waals surface area contributed by atoms with Crippen molar-refractivity contribution in [3.63, 3.8) is 0 Å². The minimum absolute atomic E-state index is 0.111. The number of hydrogen-bond donors (Lipinski definition) is 2. The molecule has 0 saturated heterocycles. The predicted octanol–water partition coefficient (Wildman–Crippen LogP) is 3.80. The summed E-state index contributed by atoms with van der Waals surface area (Å²) in [5.41, 5.74) is 1.98. The number of nitrogens with zero attached hydrogens (tertiary/aromatic N) is 2. The molecule has 4 atom stereocenters. The molecule has 2 fully saturated rings. The van der Waals surface area contributed by atoms with Gasteiger partial charge in [0.2, 0.25) is 5.91 Å². The maximum Gasteiger partial charge on any atom is 0.321 e. The second-order valence-electron chi connectivity index (χ2n) is 8.07. The number of hydrogen-bond acceptors (Lipinski definition) is 4. The Morgan fingerprint density at radius 3 is 2.82 bits per heavy atom. The number of amides is 3. The molecule has 2 N–H and O–H groups in total. The van der Waals surface area contributed by atoms with Gasteiger partial charge < -0.3 is 9.88 Å². The zero-order valence-electron chi connectivity index (χ0n) is 16.5. The van der Waals surface area contributed by atoms with Crippen LogP contribution in [-0.4, -0.2) is 33.3 Å². The molecule has 2 bridgehead atoms. The number of benzene rings is 1. The topological polar surface area (TPSA) is 76.0 Å². The van der Waals surface area contributed by atoms with Crippen molar-refractivity contribution in [2.75, 3.05) is 5.75 Å².